The van der Waals surface area contributed by atoms with Gasteiger partial charge in [0, 0.05) is 48.1 Å². The normalized spacial score (nSPS) is 26.6. The van der Waals surface area contributed by atoms with Crippen LogP contribution in [-0.2, 0) is 5.54 Å². The summed E-state index contributed by atoms with van der Waals surface area (Å²) in [6.45, 7) is -3.09. The summed E-state index contributed by atoms with van der Waals surface area (Å²) in [6, 6.07) is 10.2. The van der Waals surface area contributed by atoms with Gasteiger partial charge >= 0.3 is 12.8 Å². The molecular formula is C29H22F6N4O3. The van der Waals surface area contributed by atoms with Gasteiger partial charge < -0.3 is 20.1 Å². The number of rotatable bonds is 4. The summed E-state index contributed by atoms with van der Waals surface area (Å²) in [4.78, 5) is 21.8. The second-order valence-electron chi connectivity index (χ2n) is 11.3. The molecule has 2 atom stereocenters. The largest absolute Gasteiger partial charge is 0.434 e. The average molecular weight is 589 g/mol. The zero-order valence-corrected chi connectivity index (χ0v) is 21.6. The first kappa shape index (κ1) is 26.9. The maximum absolute atomic E-state index is 15.2. The van der Waals surface area contributed by atoms with E-state index in [1.807, 2.05) is 4.57 Å². The number of fused-ring (bicyclic) bond motifs is 9. The van der Waals surface area contributed by atoms with E-state index in [1.54, 1.807) is 24.3 Å². The van der Waals surface area contributed by atoms with Crippen molar-refractivity contribution in [3.05, 3.63) is 77.1 Å². The second-order valence-corrected chi connectivity index (χ2v) is 11.3. The average Bonchev–Trinajstić information content (AvgIpc) is 3.38. The summed E-state index contributed by atoms with van der Waals surface area (Å²) >= 11 is 0. The number of hydrogen-bond acceptors (Lipinski definition) is 6. The Bertz CT molecular complexity index is 1780. The Balaban J connectivity index is 1.28. The van der Waals surface area contributed by atoms with Crippen molar-refractivity contribution in [2.75, 3.05) is 0 Å². The lowest BCUT2D eigenvalue weighted by molar-refractivity contribution is -0.304. The van der Waals surface area contributed by atoms with E-state index in [1.165, 1.54) is 18.3 Å². The number of hydrogen-bond donors (Lipinski definition) is 2. The Morgan fingerprint density at radius 3 is 2.57 bits per heavy atom. The van der Waals surface area contributed by atoms with Gasteiger partial charge in [-0.15, -0.1) is 0 Å². The molecule has 2 aliphatic carbocycles. The Hall–Kier alpha value is -3.97. The van der Waals surface area contributed by atoms with E-state index < -0.39 is 48.6 Å². The van der Waals surface area contributed by atoms with Gasteiger partial charge in [0.1, 0.15) is 17.4 Å². The molecule has 0 saturated heterocycles. The predicted octanol–water partition coefficient (Wildman–Crippen LogP) is 5.74. The Morgan fingerprint density at radius 2 is 1.88 bits per heavy atom. The molecule has 0 amide bonds. The van der Waals surface area contributed by atoms with Crippen LogP contribution in [0.4, 0.5) is 26.3 Å². The Morgan fingerprint density at radius 1 is 1.12 bits per heavy atom. The minimum absolute atomic E-state index is 0.0849. The molecule has 7 nitrogen and oxygen atoms in total. The van der Waals surface area contributed by atoms with Crippen LogP contribution in [0.15, 0.2) is 48.7 Å². The number of imidazole rings is 1. The summed E-state index contributed by atoms with van der Waals surface area (Å²) in [5.41, 5.74) is 3.57. The zero-order chi connectivity index (χ0) is 29.8. The van der Waals surface area contributed by atoms with E-state index in [9.17, 15) is 31.9 Å². The summed E-state index contributed by atoms with van der Waals surface area (Å²) in [7, 11) is 0. The summed E-state index contributed by atoms with van der Waals surface area (Å²) in [5, 5.41) is 9.82. The fourth-order valence-corrected chi connectivity index (χ4v) is 6.79. The van der Waals surface area contributed by atoms with E-state index in [2.05, 4.69) is 4.98 Å². The zero-order valence-electron chi connectivity index (χ0n) is 21.6. The number of Topliss-reactive ketones (excluding diaryl/α,β-unsaturated/α-hetero) is 1. The van der Waals surface area contributed by atoms with Crippen molar-refractivity contribution in [1.82, 2.24) is 14.5 Å². The SMILES string of the molecule is NC1(c2ncc(-c3ccc4nc5n(c4c3)[C@@H]3C[C@H]5CC(=O)c4cccc(OC(F)F)c43)cc2F)CC(O)(C(F)(F)F)C1. The minimum Gasteiger partial charge on any atom is -0.434 e. The fourth-order valence-electron chi connectivity index (χ4n) is 6.79. The van der Waals surface area contributed by atoms with Crippen molar-refractivity contribution in [2.45, 2.75) is 61.6 Å². The summed E-state index contributed by atoms with van der Waals surface area (Å²) in [6.07, 6.45) is -4.82. The number of ether oxygens (including phenoxy) is 1. The predicted molar refractivity (Wildman–Crippen MR) is 137 cm³/mol. The number of carbonyl (C=O) groups is 1. The van der Waals surface area contributed by atoms with E-state index in [4.69, 9.17) is 15.5 Å². The standard InChI is InChI=1S/C29H22F6N4O3/c30-17-6-15(10-37-24(17)27(36)11-28(41,12-27)29(33,34)35)13-4-5-18-19(7-13)39-20-8-14(25(39)38-18)9-21(40)16-2-1-3-22(23(16)20)42-26(31)32/h1-7,10,14,20,26,41H,8-9,11-12,36H2/t14-,20+,27?,28?/m0/s1. The number of alkyl halides is 5. The van der Waals surface area contributed by atoms with Crippen molar-refractivity contribution in [3.63, 3.8) is 0 Å². The molecule has 0 unspecified atom stereocenters. The molecule has 3 aliphatic rings. The number of nitrogens with two attached hydrogens (primary N) is 1. The van der Waals surface area contributed by atoms with Gasteiger partial charge in [0.05, 0.1) is 28.3 Å². The first-order chi connectivity index (χ1) is 19.8. The summed E-state index contributed by atoms with van der Waals surface area (Å²) < 4.78 is 87.8. The molecule has 0 radical (unpaired) electrons. The van der Waals surface area contributed by atoms with Gasteiger partial charge in [0.15, 0.2) is 11.4 Å². The summed E-state index contributed by atoms with van der Waals surface area (Å²) in [5.74, 6) is -0.799. The number of ketones is 1. The number of pyridine rings is 1. The maximum Gasteiger partial charge on any atom is 0.417 e. The van der Waals surface area contributed by atoms with Gasteiger partial charge in [-0.05, 0) is 36.2 Å². The molecule has 3 N–H and O–H groups in total. The third kappa shape index (κ3) is 3.86. The van der Waals surface area contributed by atoms with Crippen molar-refractivity contribution in [1.29, 1.82) is 0 Å². The second kappa shape index (κ2) is 8.77. The van der Waals surface area contributed by atoms with Crippen LogP contribution in [0.3, 0.4) is 0 Å². The van der Waals surface area contributed by atoms with Gasteiger partial charge in [0.2, 0.25) is 0 Å². The Labute approximate surface area is 233 Å². The lowest BCUT2D eigenvalue weighted by atomic mass is 9.63. The molecule has 218 valence electrons. The van der Waals surface area contributed by atoms with Crippen LogP contribution in [0.5, 0.6) is 5.75 Å². The van der Waals surface area contributed by atoms with E-state index >= 15 is 4.39 Å². The third-order valence-corrected chi connectivity index (χ3v) is 8.64. The third-order valence-electron chi connectivity index (χ3n) is 8.64. The molecule has 3 heterocycles. The van der Waals surface area contributed by atoms with Crippen LogP contribution in [0.1, 0.15) is 65.1 Å². The number of aliphatic hydroxyl groups is 1. The van der Waals surface area contributed by atoms with Crippen LogP contribution in [0.2, 0.25) is 0 Å². The molecule has 2 aromatic carbocycles. The molecular weight excluding hydrogens is 566 g/mol. The maximum atomic E-state index is 15.2. The van der Waals surface area contributed by atoms with Gasteiger partial charge in [-0.3, -0.25) is 9.78 Å². The van der Waals surface area contributed by atoms with E-state index in [-0.39, 0.29) is 29.6 Å². The van der Waals surface area contributed by atoms with Crippen molar-refractivity contribution in [2.24, 2.45) is 5.73 Å². The molecule has 42 heavy (non-hydrogen) atoms. The number of carbonyl (C=O) groups excluding carboxylic acids is 1. The van der Waals surface area contributed by atoms with Gasteiger partial charge in [-0.2, -0.15) is 22.0 Å². The van der Waals surface area contributed by atoms with E-state index in [0.717, 1.165) is 6.07 Å². The van der Waals surface area contributed by atoms with Crippen molar-refractivity contribution >= 4 is 16.8 Å². The van der Waals surface area contributed by atoms with Crippen LogP contribution >= 0.6 is 0 Å². The first-order valence-corrected chi connectivity index (χ1v) is 13.2. The molecule has 4 aromatic rings. The van der Waals surface area contributed by atoms with Gasteiger partial charge in [0.25, 0.3) is 0 Å². The number of aromatic nitrogens is 3. The molecule has 2 aromatic heterocycles. The number of benzene rings is 2. The topological polar surface area (TPSA) is 103 Å². The lowest BCUT2D eigenvalue weighted by Crippen LogP contribution is -2.66. The highest BCUT2D eigenvalue weighted by molar-refractivity contribution is 6.00. The molecule has 7 rings (SSSR count). The minimum atomic E-state index is -4.90. The number of nitrogens with zero attached hydrogens (tertiary/aromatic N) is 3. The van der Waals surface area contributed by atoms with Crippen LogP contribution < -0.4 is 10.5 Å². The van der Waals surface area contributed by atoms with Crippen LogP contribution in [-0.4, -0.2) is 43.8 Å². The molecule has 1 saturated carbocycles. The van der Waals surface area contributed by atoms with E-state index in [0.29, 0.717) is 45.5 Å². The fraction of sp³-hybridized carbons (Fsp3) is 0.345. The monoisotopic (exact) mass is 588 g/mol. The highest BCUT2D eigenvalue weighted by Crippen LogP contribution is 2.54. The highest BCUT2D eigenvalue weighted by atomic mass is 19.4. The van der Waals surface area contributed by atoms with Crippen LogP contribution in [0, 0.1) is 5.82 Å². The van der Waals surface area contributed by atoms with Gasteiger partial charge in [-0.1, -0.05) is 18.2 Å². The molecule has 1 aliphatic heterocycles. The number of halogens is 6. The van der Waals surface area contributed by atoms with Crippen LogP contribution in [0.25, 0.3) is 22.2 Å². The lowest BCUT2D eigenvalue weighted by Gasteiger charge is -2.51. The molecule has 0 spiro atoms. The Kier molecular flexibility index (Phi) is 5.62. The molecule has 2 bridgehead atoms. The van der Waals surface area contributed by atoms with Crippen molar-refractivity contribution < 1.29 is 41.0 Å². The molecule has 13 heteroatoms. The quantitative estimate of drug-likeness (QED) is 0.295. The first-order valence-electron chi connectivity index (χ1n) is 13.2. The highest BCUT2D eigenvalue weighted by Gasteiger charge is 2.67. The van der Waals surface area contributed by atoms with Crippen molar-refractivity contribution in [3.8, 4) is 16.9 Å². The molecule has 1 fully saturated rings. The smallest absolute Gasteiger partial charge is 0.417 e. The van der Waals surface area contributed by atoms with Gasteiger partial charge in [-0.25, -0.2) is 9.37 Å².